The molecule has 0 spiro atoms. The van der Waals surface area contributed by atoms with Gasteiger partial charge in [-0.2, -0.15) is 0 Å². The lowest BCUT2D eigenvalue weighted by Gasteiger charge is -2.12. The molecule has 2 rings (SSSR count). The van der Waals surface area contributed by atoms with Crippen LogP contribution in [0.4, 0.5) is 0 Å². The van der Waals surface area contributed by atoms with Crippen molar-refractivity contribution in [3.05, 3.63) is 53.0 Å². The average molecular weight is 459 g/mol. The minimum Gasteiger partial charge on any atom is -0.133 e. The van der Waals surface area contributed by atoms with Crippen molar-refractivity contribution in [3.63, 3.8) is 0 Å². The van der Waals surface area contributed by atoms with Gasteiger partial charge in [-0.15, -0.1) is 22.9 Å². The summed E-state index contributed by atoms with van der Waals surface area (Å²) >= 11 is 18.7. The molecule has 1 unspecified atom stereocenters. The van der Waals surface area contributed by atoms with Gasteiger partial charge in [-0.25, -0.2) is 0 Å². The first-order valence-electron chi connectivity index (χ1n) is 4.84. The third-order valence-electron chi connectivity index (χ3n) is 2.43. The summed E-state index contributed by atoms with van der Waals surface area (Å²) in [5, 5.41) is -0.125. The first-order valence-corrected chi connectivity index (χ1v) is 8.47. The number of thiophene rings is 1. The molecular weight excluding hydrogens is 451 g/mol. The molecule has 1 aromatic heterocycles. The van der Waals surface area contributed by atoms with Crippen molar-refractivity contribution in [3.8, 4) is 0 Å². The Morgan fingerprint density at radius 1 is 1.12 bits per heavy atom. The molecule has 0 saturated heterocycles. The third kappa shape index (κ3) is 3.16. The van der Waals surface area contributed by atoms with Gasteiger partial charge in [0, 0.05) is 13.8 Å². The van der Waals surface area contributed by atoms with Crippen LogP contribution in [0.2, 0.25) is 0 Å². The molecule has 0 bridgehead atoms. The van der Waals surface area contributed by atoms with Crippen molar-refractivity contribution in [1.29, 1.82) is 0 Å². The van der Waals surface area contributed by atoms with Gasteiger partial charge in [0.1, 0.15) is 0 Å². The van der Waals surface area contributed by atoms with E-state index in [0.29, 0.717) is 0 Å². The normalized spacial score (nSPS) is 12.8. The Kier molecular flexibility index (Phi) is 4.75. The Bertz CT molecular complexity index is 551. The monoisotopic (exact) mass is 456 g/mol. The summed E-state index contributed by atoms with van der Waals surface area (Å²) < 4.78 is 3.18. The van der Waals surface area contributed by atoms with Crippen molar-refractivity contribution < 1.29 is 0 Å². The fraction of sp³-hybridized carbons (Fsp3) is 0.167. The lowest BCUT2D eigenvalue weighted by Crippen LogP contribution is -1.94. The average Bonchev–Trinajstić information content (AvgIpc) is 2.57. The van der Waals surface area contributed by atoms with Crippen LogP contribution in [0, 0.1) is 6.92 Å². The zero-order chi connectivity index (χ0) is 12.6. The highest BCUT2D eigenvalue weighted by Gasteiger charge is 2.18. The highest BCUT2D eigenvalue weighted by Crippen LogP contribution is 2.40. The molecule has 5 heteroatoms. The van der Waals surface area contributed by atoms with Crippen LogP contribution in [0.15, 0.2) is 37.0 Å². The second-order valence-corrected chi connectivity index (χ2v) is 8.43. The molecule has 0 aliphatic heterocycles. The van der Waals surface area contributed by atoms with Gasteiger partial charge in [-0.3, -0.25) is 0 Å². The number of hydrogen-bond donors (Lipinski definition) is 0. The van der Waals surface area contributed by atoms with Crippen LogP contribution < -0.4 is 0 Å². The Hall–Kier alpha value is 0.650. The lowest BCUT2D eigenvalue weighted by molar-refractivity contribution is 1.12. The second kappa shape index (κ2) is 5.74. The maximum absolute atomic E-state index is 6.55. The predicted octanol–water partition coefficient (Wildman–Crippen LogP) is 6.67. The van der Waals surface area contributed by atoms with Crippen LogP contribution in [0.1, 0.15) is 21.4 Å². The minimum absolute atomic E-state index is 0.125. The summed E-state index contributed by atoms with van der Waals surface area (Å²) in [6.45, 7) is 2.09. The Balaban J connectivity index is 2.43. The Morgan fingerprint density at radius 2 is 1.82 bits per heavy atom. The first kappa shape index (κ1) is 14.1. The number of hydrogen-bond acceptors (Lipinski definition) is 1. The van der Waals surface area contributed by atoms with Gasteiger partial charge in [0.15, 0.2) is 0 Å². The van der Waals surface area contributed by atoms with Crippen molar-refractivity contribution in [2.45, 2.75) is 12.3 Å². The molecule has 0 nitrogen and oxygen atoms in total. The largest absolute Gasteiger partial charge is 0.133 e. The molecule has 1 heterocycles. The fourth-order valence-electron chi connectivity index (χ4n) is 1.58. The zero-order valence-electron chi connectivity index (χ0n) is 8.81. The van der Waals surface area contributed by atoms with Gasteiger partial charge in [0.25, 0.3) is 0 Å². The van der Waals surface area contributed by atoms with E-state index in [4.69, 9.17) is 11.6 Å². The summed E-state index contributed by atoms with van der Waals surface area (Å²) in [5.41, 5.74) is 2.25. The van der Waals surface area contributed by atoms with E-state index in [1.165, 1.54) is 4.88 Å². The van der Waals surface area contributed by atoms with E-state index >= 15 is 0 Å². The zero-order valence-corrected chi connectivity index (χ0v) is 15.1. The van der Waals surface area contributed by atoms with Crippen molar-refractivity contribution in [2.24, 2.45) is 0 Å². The van der Waals surface area contributed by atoms with E-state index in [0.717, 1.165) is 23.9 Å². The van der Waals surface area contributed by atoms with Gasteiger partial charge in [-0.1, -0.05) is 37.9 Å². The van der Waals surface area contributed by atoms with Crippen LogP contribution in [-0.4, -0.2) is 0 Å². The first-order chi connectivity index (χ1) is 7.99. The lowest BCUT2D eigenvalue weighted by atomic mass is 10.1. The van der Waals surface area contributed by atoms with Gasteiger partial charge >= 0.3 is 0 Å². The number of alkyl halides is 1. The highest BCUT2D eigenvalue weighted by molar-refractivity contribution is 9.11. The smallest absolute Gasteiger partial charge is 0.0857 e. The van der Waals surface area contributed by atoms with E-state index in [1.54, 1.807) is 11.3 Å². The van der Waals surface area contributed by atoms with Gasteiger partial charge in [0.05, 0.1) is 9.16 Å². The number of halogens is 4. The van der Waals surface area contributed by atoms with Crippen LogP contribution >= 0.6 is 70.7 Å². The molecule has 1 atom stereocenters. The standard InChI is InChI=1S/C12H8Br3ClS/c1-6-9(5-11(15)17-6)12(16)8-3-2-7(13)4-10(8)14/h2-5,12H,1H3. The van der Waals surface area contributed by atoms with Gasteiger partial charge in [0.2, 0.25) is 0 Å². The minimum atomic E-state index is -0.125. The van der Waals surface area contributed by atoms with Crippen LogP contribution in [0.5, 0.6) is 0 Å². The number of aryl methyl sites for hydroxylation is 1. The Labute approximate surface area is 135 Å². The van der Waals surface area contributed by atoms with Crippen molar-refractivity contribution >= 4 is 70.7 Å². The summed E-state index contributed by atoms with van der Waals surface area (Å²) in [6.07, 6.45) is 0. The summed E-state index contributed by atoms with van der Waals surface area (Å²) in [6, 6.07) is 8.15. The molecule has 17 heavy (non-hydrogen) atoms. The quantitative estimate of drug-likeness (QED) is 0.440. The Morgan fingerprint density at radius 3 is 2.35 bits per heavy atom. The fourth-order valence-corrected chi connectivity index (χ4v) is 5.22. The van der Waals surface area contributed by atoms with Crippen molar-refractivity contribution in [1.82, 2.24) is 0 Å². The highest BCUT2D eigenvalue weighted by atomic mass is 79.9. The number of benzene rings is 1. The van der Waals surface area contributed by atoms with E-state index < -0.39 is 0 Å². The van der Waals surface area contributed by atoms with Crippen molar-refractivity contribution in [2.75, 3.05) is 0 Å². The SMILES string of the molecule is Cc1sc(Br)cc1C(Cl)c1ccc(Br)cc1Br. The van der Waals surface area contributed by atoms with Crippen LogP contribution in [-0.2, 0) is 0 Å². The maximum atomic E-state index is 6.55. The molecule has 90 valence electrons. The molecule has 0 amide bonds. The molecule has 0 radical (unpaired) electrons. The van der Waals surface area contributed by atoms with Gasteiger partial charge in [-0.05, 0) is 52.2 Å². The van der Waals surface area contributed by atoms with Gasteiger partial charge < -0.3 is 0 Å². The van der Waals surface area contributed by atoms with Crippen LogP contribution in [0.25, 0.3) is 0 Å². The third-order valence-corrected chi connectivity index (χ3v) is 5.65. The molecule has 0 aliphatic rings. The van der Waals surface area contributed by atoms with E-state index in [9.17, 15) is 0 Å². The molecule has 0 saturated carbocycles. The molecule has 1 aromatic carbocycles. The summed E-state index contributed by atoms with van der Waals surface area (Å²) in [7, 11) is 0. The second-order valence-electron chi connectivity index (χ2n) is 3.59. The van der Waals surface area contributed by atoms with E-state index in [2.05, 4.69) is 60.8 Å². The molecule has 0 N–H and O–H groups in total. The molecular formula is C12H8Br3ClS. The summed E-state index contributed by atoms with van der Waals surface area (Å²) in [4.78, 5) is 1.24. The maximum Gasteiger partial charge on any atom is 0.0857 e. The van der Waals surface area contributed by atoms with E-state index in [-0.39, 0.29) is 5.38 Å². The molecule has 0 fully saturated rings. The molecule has 2 aromatic rings. The van der Waals surface area contributed by atoms with E-state index in [1.807, 2.05) is 18.2 Å². The number of rotatable bonds is 2. The topological polar surface area (TPSA) is 0 Å². The predicted molar refractivity (Wildman–Crippen MR) is 86.3 cm³/mol. The summed E-state index contributed by atoms with van der Waals surface area (Å²) in [5.74, 6) is 0. The molecule has 0 aliphatic carbocycles. The van der Waals surface area contributed by atoms with Crippen LogP contribution in [0.3, 0.4) is 0 Å².